The minimum Gasteiger partial charge on any atom is -0.417 e. The van der Waals surface area contributed by atoms with Gasteiger partial charge in [-0.05, 0) is 12.8 Å². The number of rotatable bonds is 2. The van der Waals surface area contributed by atoms with Crippen molar-refractivity contribution in [3.05, 3.63) is 40.7 Å². The summed E-state index contributed by atoms with van der Waals surface area (Å²) in [5, 5.41) is 0. The molecule has 96 valence electrons. The largest absolute Gasteiger partial charge is 0.417 e. The average Bonchev–Trinajstić information content (AvgIpc) is 2.27. The van der Waals surface area contributed by atoms with Crippen molar-refractivity contribution >= 4 is 5.97 Å². The zero-order valence-corrected chi connectivity index (χ0v) is 8.70. The van der Waals surface area contributed by atoms with Gasteiger partial charge in [-0.15, -0.1) is 0 Å². The Balaban J connectivity index is 2.41. The summed E-state index contributed by atoms with van der Waals surface area (Å²) in [6.07, 6.45) is 2.38. The number of halogens is 5. The predicted molar refractivity (Wildman–Crippen MR) is 49.2 cm³/mol. The molecule has 0 amide bonds. The van der Waals surface area contributed by atoms with E-state index in [1.54, 1.807) is 0 Å². The topological polar surface area (TPSA) is 26.3 Å². The molecule has 0 aromatic heterocycles. The van der Waals surface area contributed by atoms with Crippen molar-refractivity contribution in [3.63, 3.8) is 0 Å². The molecule has 0 saturated heterocycles. The summed E-state index contributed by atoms with van der Waals surface area (Å²) in [5.41, 5.74) is 0.138. The van der Waals surface area contributed by atoms with Gasteiger partial charge in [-0.25, -0.2) is 18.0 Å². The highest BCUT2D eigenvalue weighted by Gasteiger charge is 2.29. The molecule has 1 aliphatic carbocycles. The summed E-state index contributed by atoms with van der Waals surface area (Å²) in [5.74, 6) is -13.6. The lowest BCUT2D eigenvalue weighted by Crippen LogP contribution is -2.18. The van der Waals surface area contributed by atoms with Gasteiger partial charge in [-0.1, -0.05) is 6.08 Å². The average molecular weight is 264 g/mol. The Kier molecular flexibility index (Phi) is 3.06. The van der Waals surface area contributed by atoms with Crippen molar-refractivity contribution in [2.45, 2.75) is 12.8 Å². The van der Waals surface area contributed by atoms with Crippen LogP contribution in [0.25, 0.3) is 0 Å². The highest BCUT2D eigenvalue weighted by molar-refractivity contribution is 5.91. The molecule has 0 N–H and O–H groups in total. The van der Waals surface area contributed by atoms with E-state index in [1.165, 1.54) is 6.08 Å². The summed E-state index contributed by atoms with van der Waals surface area (Å²) in [6, 6.07) is 0. The molecular weight excluding hydrogens is 259 g/mol. The van der Waals surface area contributed by atoms with Crippen LogP contribution in [0.2, 0.25) is 0 Å². The molecule has 2 rings (SSSR count). The van der Waals surface area contributed by atoms with E-state index < -0.39 is 40.8 Å². The van der Waals surface area contributed by atoms with Crippen LogP contribution >= 0.6 is 0 Å². The maximum atomic E-state index is 13.1. The monoisotopic (exact) mass is 264 g/mol. The van der Waals surface area contributed by atoms with Crippen LogP contribution in [0.5, 0.6) is 5.75 Å². The third kappa shape index (κ3) is 1.85. The second-order valence-corrected chi connectivity index (χ2v) is 3.56. The summed E-state index contributed by atoms with van der Waals surface area (Å²) in [4.78, 5) is 11.2. The fourth-order valence-corrected chi connectivity index (χ4v) is 1.31. The molecule has 0 atom stereocenters. The van der Waals surface area contributed by atoms with Gasteiger partial charge < -0.3 is 4.74 Å². The first-order chi connectivity index (χ1) is 8.43. The summed E-state index contributed by atoms with van der Waals surface area (Å²) in [6.45, 7) is 0. The molecule has 0 saturated carbocycles. The quantitative estimate of drug-likeness (QED) is 0.270. The molecule has 0 heterocycles. The van der Waals surface area contributed by atoms with Crippen molar-refractivity contribution in [3.8, 4) is 5.75 Å². The highest BCUT2D eigenvalue weighted by Crippen LogP contribution is 2.30. The summed E-state index contributed by atoms with van der Waals surface area (Å²) >= 11 is 0. The Morgan fingerprint density at radius 3 is 1.78 bits per heavy atom. The van der Waals surface area contributed by atoms with Crippen LogP contribution in [0.15, 0.2) is 11.6 Å². The molecule has 1 aromatic rings. The van der Waals surface area contributed by atoms with E-state index in [0.717, 1.165) is 0 Å². The molecule has 0 unspecified atom stereocenters. The molecular formula is C11H5F5O2. The van der Waals surface area contributed by atoms with E-state index in [1.807, 2.05) is 0 Å². The molecule has 1 aliphatic rings. The van der Waals surface area contributed by atoms with Gasteiger partial charge in [0.15, 0.2) is 0 Å². The maximum Gasteiger partial charge on any atom is 0.339 e. The van der Waals surface area contributed by atoms with Gasteiger partial charge in [0.2, 0.25) is 34.8 Å². The van der Waals surface area contributed by atoms with E-state index in [2.05, 4.69) is 4.74 Å². The van der Waals surface area contributed by atoms with Crippen molar-refractivity contribution in [1.82, 2.24) is 0 Å². The Morgan fingerprint density at radius 2 is 1.39 bits per heavy atom. The molecule has 0 aliphatic heterocycles. The predicted octanol–water partition coefficient (Wildman–Crippen LogP) is 3.01. The second-order valence-electron chi connectivity index (χ2n) is 3.56. The number of carbonyl (C=O) groups excluding carboxylic acids is 1. The lowest BCUT2D eigenvalue weighted by Gasteiger charge is -2.14. The van der Waals surface area contributed by atoms with Crippen molar-refractivity contribution in [1.29, 1.82) is 0 Å². The second kappa shape index (κ2) is 4.40. The fraction of sp³-hybridized carbons (Fsp3) is 0.182. The Hall–Kier alpha value is -1.92. The van der Waals surface area contributed by atoms with Gasteiger partial charge in [-0.3, -0.25) is 0 Å². The standard InChI is InChI=1S/C11H5F5O2/c12-5-6(13)8(15)10(9(16)7(5)14)18-11(17)4-2-1-3-4/h2H,1,3H2. The lowest BCUT2D eigenvalue weighted by atomic mass is 9.99. The molecule has 0 radical (unpaired) electrons. The van der Waals surface area contributed by atoms with E-state index >= 15 is 0 Å². The molecule has 0 bridgehead atoms. The van der Waals surface area contributed by atoms with E-state index in [9.17, 15) is 26.7 Å². The van der Waals surface area contributed by atoms with Crippen molar-refractivity contribution in [2.24, 2.45) is 0 Å². The number of hydrogen-bond donors (Lipinski definition) is 0. The van der Waals surface area contributed by atoms with Gasteiger partial charge in [0.1, 0.15) is 0 Å². The smallest absolute Gasteiger partial charge is 0.339 e. The third-order valence-corrected chi connectivity index (χ3v) is 2.43. The van der Waals surface area contributed by atoms with Gasteiger partial charge in [0, 0.05) is 5.57 Å². The third-order valence-electron chi connectivity index (χ3n) is 2.43. The van der Waals surface area contributed by atoms with Crippen LogP contribution in [0.3, 0.4) is 0 Å². The molecule has 18 heavy (non-hydrogen) atoms. The maximum absolute atomic E-state index is 13.1. The van der Waals surface area contributed by atoms with Crippen LogP contribution in [0, 0.1) is 29.1 Å². The minimum absolute atomic E-state index is 0.138. The van der Waals surface area contributed by atoms with Gasteiger partial charge in [0.25, 0.3) is 0 Å². The van der Waals surface area contributed by atoms with Gasteiger partial charge in [-0.2, -0.15) is 8.78 Å². The molecule has 0 fully saturated rings. The van der Waals surface area contributed by atoms with E-state index in [-0.39, 0.29) is 5.57 Å². The zero-order chi connectivity index (χ0) is 13.4. The van der Waals surface area contributed by atoms with E-state index in [0.29, 0.717) is 12.8 Å². The van der Waals surface area contributed by atoms with Crippen molar-refractivity contribution < 1.29 is 31.5 Å². The van der Waals surface area contributed by atoms with Crippen LogP contribution < -0.4 is 4.74 Å². The number of carbonyl (C=O) groups is 1. The zero-order valence-electron chi connectivity index (χ0n) is 8.70. The number of esters is 1. The first kappa shape index (κ1) is 12.5. The summed E-state index contributed by atoms with van der Waals surface area (Å²) < 4.78 is 68.7. The normalized spacial score (nSPS) is 13.9. The highest BCUT2D eigenvalue weighted by atomic mass is 19.2. The fourth-order valence-electron chi connectivity index (χ4n) is 1.31. The number of benzene rings is 1. The molecule has 0 spiro atoms. The van der Waals surface area contributed by atoms with Crippen LogP contribution in [-0.4, -0.2) is 5.97 Å². The SMILES string of the molecule is O=C(Oc1c(F)c(F)c(F)c(F)c1F)C1=CCC1. The van der Waals surface area contributed by atoms with Gasteiger partial charge in [0.05, 0.1) is 0 Å². The number of hydrogen-bond acceptors (Lipinski definition) is 2. The Bertz CT molecular complexity index is 536. The lowest BCUT2D eigenvalue weighted by molar-refractivity contribution is -0.131. The molecule has 7 heteroatoms. The first-order valence-corrected chi connectivity index (χ1v) is 4.86. The Labute approximate surface area is 97.7 Å². The van der Waals surface area contributed by atoms with Crippen molar-refractivity contribution in [2.75, 3.05) is 0 Å². The molecule has 2 nitrogen and oxygen atoms in total. The molecule has 1 aromatic carbocycles. The van der Waals surface area contributed by atoms with Crippen LogP contribution in [0.4, 0.5) is 22.0 Å². The van der Waals surface area contributed by atoms with Gasteiger partial charge >= 0.3 is 5.97 Å². The first-order valence-electron chi connectivity index (χ1n) is 4.86. The van der Waals surface area contributed by atoms with E-state index in [4.69, 9.17) is 0 Å². The Morgan fingerprint density at radius 1 is 0.944 bits per heavy atom. The summed E-state index contributed by atoms with van der Waals surface area (Å²) in [7, 11) is 0. The van der Waals surface area contributed by atoms with Crippen LogP contribution in [-0.2, 0) is 4.79 Å². The minimum atomic E-state index is -2.30. The number of ether oxygens (including phenoxy) is 1. The van der Waals surface area contributed by atoms with Crippen LogP contribution in [0.1, 0.15) is 12.8 Å². The number of allylic oxidation sites excluding steroid dienone is 1.